The van der Waals surface area contributed by atoms with Crippen molar-refractivity contribution in [1.82, 2.24) is 4.72 Å². The van der Waals surface area contributed by atoms with E-state index in [2.05, 4.69) is 10.0 Å². The summed E-state index contributed by atoms with van der Waals surface area (Å²) in [6, 6.07) is 11.8. The maximum atomic E-state index is 12.8. The van der Waals surface area contributed by atoms with Gasteiger partial charge in [-0.05, 0) is 29.8 Å². The Morgan fingerprint density at radius 2 is 1.88 bits per heavy atom. The molecule has 2 aromatic rings. The zero-order valence-electron chi connectivity index (χ0n) is 13.0. The molecule has 0 atom stereocenters. The summed E-state index contributed by atoms with van der Waals surface area (Å²) >= 11 is 0. The fraction of sp³-hybridized carbons (Fsp3) is 0.188. The highest BCUT2D eigenvalue weighted by molar-refractivity contribution is 7.88. The third-order valence-corrected chi connectivity index (χ3v) is 4.37. The lowest BCUT2D eigenvalue weighted by Crippen LogP contribution is -2.33. The van der Waals surface area contributed by atoms with E-state index in [9.17, 15) is 17.6 Å². The molecular weight excluding hydrogens is 335 g/mol. The highest BCUT2D eigenvalue weighted by Crippen LogP contribution is 2.16. The predicted octanol–water partition coefficient (Wildman–Crippen LogP) is 1.89. The van der Waals surface area contributed by atoms with Crippen LogP contribution in [0.2, 0.25) is 0 Å². The monoisotopic (exact) mass is 352 g/mol. The molecule has 0 fully saturated rings. The van der Waals surface area contributed by atoms with Gasteiger partial charge in [-0.3, -0.25) is 4.79 Å². The molecule has 0 aliphatic carbocycles. The molecule has 0 aliphatic heterocycles. The fourth-order valence-electron chi connectivity index (χ4n) is 1.93. The van der Waals surface area contributed by atoms with Gasteiger partial charge in [0, 0.05) is 11.8 Å². The normalized spacial score (nSPS) is 11.1. The number of rotatable bonds is 7. The maximum absolute atomic E-state index is 12.8. The van der Waals surface area contributed by atoms with Crippen molar-refractivity contribution in [3.8, 4) is 5.75 Å². The summed E-state index contributed by atoms with van der Waals surface area (Å²) in [6.07, 6.45) is 0. The Balaban J connectivity index is 1.88. The largest absolute Gasteiger partial charge is 0.497 e. The number of sulfonamides is 1. The number of hydrogen-bond donors (Lipinski definition) is 2. The first-order valence-corrected chi connectivity index (χ1v) is 8.69. The van der Waals surface area contributed by atoms with Crippen LogP contribution in [-0.2, 0) is 20.6 Å². The zero-order valence-corrected chi connectivity index (χ0v) is 13.8. The summed E-state index contributed by atoms with van der Waals surface area (Å²) in [4.78, 5) is 11.8. The molecular formula is C16H17FN2O4S. The zero-order chi connectivity index (χ0) is 17.6. The van der Waals surface area contributed by atoms with Gasteiger partial charge in [0.2, 0.25) is 15.9 Å². The van der Waals surface area contributed by atoms with Crippen molar-refractivity contribution >= 4 is 21.6 Å². The van der Waals surface area contributed by atoms with Crippen LogP contribution in [0.3, 0.4) is 0 Å². The van der Waals surface area contributed by atoms with Crippen LogP contribution in [0.5, 0.6) is 5.75 Å². The van der Waals surface area contributed by atoms with Crippen LogP contribution >= 0.6 is 0 Å². The Bertz CT molecular complexity index is 807. The minimum absolute atomic E-state index is 0.334. The molecule has 0 aliphatic rings. The average molecular weight is 352 g/mol. The van der Waals surface area contributed by atoms with Crippen molar-refractivity contribution in [2.24, 2.45) is 0 Å². The summed E-state index contributed by atoms with van der Waals surface area (Å²) < 4.78 is 43.9. The van der Waals surface area contributed by atoms with Gasteiger partial charge in [-0.1, -0.05) is 18.2 Å². The van der Waals surface area contributed by atoms with E-state index in [1.54, 1.807) is 24.3 Å². The number of carbonyl (C=O) groups excluding carboxylic acids is 1. The van der Waals surface area contributed by atoms with Crippen molar-refractivity contribution < 1.29 is 22.3 Å². The number of hydrogen-bond acceptors (Lipinski definition) is 4. The van der Waals surface area contributed by atoms with E-state index in [-0.39, 0.29) is 5.75 Å². The van der Waals surface area contributed by atoms with Crippen LogP contribution in [-0.4, -0.2) is 28.0 Å². The Hall–Kier alpha value is -2.45. The van der Waals surface area contributed by atoms with E-state index in [1.807, 2.05) is 0 Å². The number of halogens is 1. The van der Waals surface area contributed by atoms with Crippen LogP contribution in [0, 0.1) is 5.82 Å². The molecule has 24 heavy (non-hydrogen) atoms. The molecule has 2 aromatic carbocycles. The van der Waals surface area contributed by atoms with Gasteiger partial charge in [0.25, 0.3) is 0 Å². The second kappa shape index (κ2) is 7.89. The molecule has 0 bridgehead atoms. The van der Waals surface area contributed by atoms with E-state index in [4.69, 9.17) is 4.74 Å². The molecule has 0 unspecified atom stereocenters. The minimum atomic E-state index is -3.71. The van der Waals surface area contributed by atoms with Gasteiger partial charge in [0.15, 0.2) is 0 Å². The molecule has 0 radical (unpaired) electrons. The van der Waals surface area contributed by atoms with Gasteiger partial charge in [0.1, 0.15) is 11.6 Å². The van der Waals surface area contributed by atoms with Gasteiger partial charge in [-0.15, -0.1) is 0 Å². The molecule has 2 rings (SSSR count). The first kappa shape index (κ1) is 17.9. The molecule has 0 heterocycles. The molecule has 0 spiro atoms. The summed E-state index contributed by atoms with van der Waals surface area (Å²) in [6.45, 7) is -0.402. The van der Waals surface area contributed by atoms with Crippen LogP contribution in [0.25, 0.3) is 0 Å². The molecule has 1 amide bonds. The van der Waals surface area contributed by atoms with Crippen molar-refractivity contribution in [2.75, 3.05) is 19.0 Å². The standard InChI is InChI=1S/C16H17FN2O4S/c1-23-15-4-2-3-14(9-15)19-16(20)10-18-24(21,22)11-12-5-7-13(17)8-6-12/h2-9,18H,10-11H2,1H3,(H,19,20). The highest BCUT2D eigenvalue weighted by Gasteiger charge is 2.13. The highest BCUT2D eigenvalue weighted by atomic mass is 32.2. The smallest absolute Gasteiger partial charge is 0.239 e. The lowest BCUT2D eigenvalue weighted by atomic mass is 10.2. The lowest BCUT2D eigenvalue weighted by molar-refractivity contribution is -0.115. The number of amides is 1. The maximum Gasteiger partial charge on any atom is 0.239 e. The predicted molar refractivity (Wildman–Crippen MR) is 88.7 cm³/mol. The fourth-order valence-corrected chi connectivity index (χ4v) is 3.02. The molecule has 0 saturated carbocycles. The third-order valence-electron chi connectivity index (χ3n) is 3.08. The molecule has 6 nitrogen and oxygen atoms in total. The topological polar surface area (TPSA) is 84.5 Å². The van der Waals surface area contributed by atoms with E-state index < -0.39 is 28.3 Å². The Labute approximate surface area is 139 Å². The van der Waals surface area contributed by atoms with Crippen molar-refractivity contribution in [3.05, 3.63) is 59.9 Å². The summed E-state index contributed by atoms with van der Waals surface area (Å²) in [5.74, 6) is -0.711. The first-order chi connectivity index (χ1) is 11.4. The Morgan fingerprint density at radius 1 is 1.17 bits per heavy atom. The second-order valence-electron chi connectivity index (χ2n) is 4.99. The Kier molecular flexibility index (Phi) is 5.88. The molecule has 0 saturated heterocycles. The summed E-state index contributed by atoms with van der Waals surface area (Å²) in [5, 5.41) is 2.57. The van der Waals surface area contributed by atoms with Gasteiger partial charge < -0.3 is 10.1 Å². The Morgan fingerprint density at radius 3 is 2.54 bits per heavy atom. The number of nitrogens with one attached hydrogen (secondary N) is 2. The van der Waals surface area contributed by atoms with E-state index in [0.717, 1.165) is 0 Å². The third kappa shape index (κ3) is 5.64. The number of benzene rings is 2. The van der Waals surface area contributed by atoms with E-state index in [1.165, 1.54) is 31.4 Å². The first-order valence-electron chi connectivity index (χ1n) is 7.04. The van der Waals surface area contributed by atoms with E-state index in [0.29, 0.717) is 17.0 Å². The number of methoxy groups -OCH3 is 1. The van der Waals surface area contributed by atoms with Crippen molar-refractivity contribution in [1.29, 1.82) is 0 Å². The van der Waals surface area contributed by atoms with Crippen LogP contribution in [0.4, 0.5) is 10.1 Å². The minimum Gasteiger partial charge on any atom is -0.497 e. The van der Waals surface area contributed by atoms with Crippen LogP contribution in [0.1, 0.15) is 5.56 Å². The van der Waals surface area contributed by atoms with Gasteiger partial charge in [-0.2, -0.15) is 0 Å². The van der Waals surface area contributed by atoms with Crippen molar-refractivity contribution in [2.45, 2.75) is 5.75 Å². The quantitative estimate of drug-likeness (QED) is 0.797. The summed E-state index contributed by atoms with van der Waals surface area (Å²) in [5.41, 5.74) is 0.925. The molecule has 128 valence electrons. The van der Waals surface area contributed by atoms with Gasteiger partial charge in [0.05, 0.1) is 19.4 Å². The second-order valence-corrected chi connectivity index (χ2v) is 6.79. The summed E-state index contributed by atoms with van der Waals surface area (Å²) in [7, 11) is -2.20. The van der Waals surface area contributed by atoms with Crippen LogP contribution < -0.4 is 14.8 Å². The number of ether oxygens (including phenoxy) is 1. The van der Waals surface area contributed by atoms with Crippen molar-refractivity contribution in [3.63, 3.8) is 0 Å². The van der Waals surface area contributed by atoms with Crippen LogP contribution in [0.15, 0.2) is 48.5 Å². The molecule has 0 aromatic heterocycles. The molecule has 8 heteroatoms. The van der Waals surface area contributed by atoms with Gasteiger partial charge in [-0.25, -0.2) is 17.5 Å². The van der Waals surface area contributed by atoms with E-state index >= 15 is 0 Å². The average Bonchev–Trinajstić information content (AvgIpc) is 2.55. The SMILES string of the molecule is COc1cccc(NC(=O)CNS(=O)(=O)Cc2ccc(F)cc2)c1. The number of anilines is 1. The number of carbonyl (C=O) groups is 1. The lowest BCUT2D eigenvalue weighted by Gasteiger charge is -2.09. The van der Waals surface area contributed by atoms with Gasteiger partial charge >= 0.3 is 0 Å². The molecule has 2 N–H and O–H groups in total.